The molecule has 5 nitrogen and oxygen atoms in total. The van der Waals surface area contributed by atoms with Crippen LogP contribution in [0.2, 0.25) is 0 Å². The van der Waals surface area contributed by atoms with Gasteiger partial charge in [-0.2, -0.15) is 0 Å². The Hall–Kier alpha value is -1.65. The molecule has 1 aromatic heterocycles. The molecule has 0 aromatic carbocycles. The zero-order valence-electron chi connectivity index (χ0n) is 11.0. The summed E-state index contributed by atoms with van der Waals surface area (Å²) in [5.41, 5.74) is 0.398. The van der Waals surface area contributed by atoms with Crippen molar-refractivity contribution in [1.82, 2.24) is 15.3 Å². The molecule has 0 bridgehead atoms. The lowest BCUT2D eigenvalue weighted by atomic mass is 10.3. The first-order valence-corrected chi connectivity index (χ1v) is 5.81. The maximum atomic E-state index is 11.8. The molecule has 0 aliphatic rings. The van der Waals surface area contributed by atoms with Crippen molar-refractivity contribution < 1.29 is 4.79 Å². The van der Waals surface area contributed by atoms with E-state index in [0.717, 1.165) is 0 Å². The second kappa shape index (κ2) is 5.61. The van der Waals surface area contributed by atoms with Crippen molar-refractivity contribution in [2.75, 3.05) is 5.32 Å². The molecule has 94 valence electrons. The Labute approximate surface area is 102 Å². The van der Waals surface area contributed by atoms with E-state index < -0.39 is 0 Å². The van der Waals surface area contributed by atoms with Gasteiger partial charge >= 0.3 is 0 Å². The van der Waals surface area contributed by atoms with Crippen molar-refractivity contribution in [1.29, 1.82) is 0 Å². The summed E-state index contributed by atoms with van der Waals surface area (Å²) in [5, 5.41) is 5.97. The van der Waals surface area contributed by atoms with E-state index in [9.17, 15) is 4.79 Å². The summed E-state index contributed by atoms with van der Waals surface area (Å²) in [5.74, 6) is 1.10. The van der Waals surface area contributed by atoms with E-state index in [4.69, 9.17) is 0 Å². The van der Waals surface area contributed by atoms with Gasteiger partial charge in [-0.05, 0) is 34.6 Å². The molecule has 0 aliphatic carbocycles. The SMILES string of the molecule is Cc1nc(NC(C)C)cc(C(=O)NC(C)C)n1. The number of nitrogens with one attached hydrogen (secondary N) is 2. The van der Waals surface area contributed by atoms with Crippen LogP contribution in [0.1, 0.15) is 44.0 Å². The first-order valence-electron chi connectivity index (χ1n) is 5.81. The largest absolute Gasteiger partial charge is 0.368 e. The number of anilines is 1. The Kier molecular flexibility index (Phi) is 4.43. The van der Waals surface area contributed by atoms with Gasteiger partial charge in [0.05, 0.1) is 0 Å². The molecule has 17 heavy (non-hydrogen) atoms. The van der Waals surface area contributed by atoms with Gasteiger partial charge in [-0.3, -0.25) is 4.79 Å². The molecule has 0 saturated heterocycles. The molecule has 0 aliphatic heterocycles. The van der Waals surface area contributed by atoms with Crippen LogP contribution in [-0.2, 0) is 0 Å². The summed E-state index contributed by atoms with van der Waals surface area (Å²) in [6.07, 6.45) is 0. The van der Waals surface area contributed by atoms with Crippen molar-refractivity contribution in [3.8, 4) is 0 Å². The van der Waals surface area contributed by atoms with Crippen LogP contribution in [0.3, 0.4) is 0 Å². The molecular formula is C12H20N4O. The van der Waals surface area contributed by atoms with Crippen LogP contribution in [0.4, 0.5) is 5.82 Å². The average Bonchev–Trinajstić information content (AvgIpc) is 2.14. The standard InChI is InChI=1S/C12H20N4O/c1-7(2)13-11-6-10(15-9(5)16-11)12(17)14-8(3)4/h6-8H,1-5H3,(H,14,17)(H,13,15,16). The fraction of sp³-hybridized carbons (Fsp3) is 0.583. The highest BCUT2D eigenvalue weighted by molar-refractivity contribution is 5.93. The molecule has 1 aromatic rings. The van der Waals surface area contributed by atoms with Gasteiger partial charge in [-0.15, -0.1) is 0 Å². The lowest BCUT2D eigenvalue weighted by molar-refractivity contribution is 0.0937. The Morgan fingerprint density at radius 3 is 2.35 bits per heavy atom. The van der Waals surface area contributed by atoms with Gasteiger partial charge in [0, 0.05) is 18.2 Å². The van der Waals surface area contributed by atoms with E-state index in [-0.39, 0.29) is 18.0 Å². The Bertz CT molecular complexity index is 401. The van der Waals surface area contributed by atoms with Crippen LogP contribution < -0.4 is 10.6 Å². The average molecular weight is 236 g/mol. The monoisotopic (exact) mass is 236 g/mol. The summed E-state index contributed by atoms with van der Waals surface area (Å²) in [7, 11) is 0. The molecule has 2 N–H and O–H groups in total. The first kappa shape index (κ1) is 13.4. The molecule has 0 unspecified atom stereocenters. The highest BCUT2D eigenvalue weighted by Gasteiger charge is 2.11. The third-order valence-corrected chi connectivity index (χ3v) is 1.93. The minimum absolute atomic E-state index is 0.0966. The third kappa shape index (κ3) is 4.38. The Balaban J connectivity index is 2.92. The summed E-state index contributed by atoms with van der Waals surface area (Å²) in [6.45, 7) is 9.65. The maximum absolute atomic E-state index is 11.8. The molecule has 0 spiro atoms. The van der Waals surface area contributed by atoms with E-state index in [0.29, 0.717) is 17.3 Å². The topological polar surface area (TPSA) is 66.9 Å². The van der Waals surface area contributed by atoms with E-state index in [1.807, 2.05) is 27.7 Å². The number of nitrogens with zero attached hydrogens (tertiary/aromatic N) is 2. The summed E-state index contributed by atoms with van der Waals surface area (Å²) in [4.78, 5) is 20.2. The number of amides is 1. The van der Waals surface area contributed by atoms with Gasteiger partial charge in [0.15, 0.2) is 0 Å². The summed E-state index contributed by atoms with van der Waals surface area (Å²) >= 11 is 0. The van der Waals surface area contributed by atoms with E-state index in [2.05, 4.69) is 20.6 Å². The molecule has 0 radical (unpaired) electrons. The van der Waals surface area contributed by atoms with Crippen molar-refractivity contribution in [2.45, 2.75) is 46.7 Å². The van der Waals surface area contributed by atoms with Gasteiger partial charge in [0.1, 0.15) is 17.3 Å². The molecule has 0 saturated carbocycles. The first-order chi connectivity index (χ1) is 7.88. The summed E-state index contributed by atoms with van der Waals surface area (Å²) < 4.78 is 0. The number of aromatic nitrogens is 2. The van der Waals surface area contributed by atoms with Crippen LogP contribution in [0.15, 0.2) is 6.07 Å². The van der Waals surface area contributed by atoms with E-state index in [1.54, 1.807) is 13.0 Å². The van der Waals surface area contributed by atoms with Gasteiger partial charge in [0.25, 0.3) is 5.91 Å². The number of aryl methyl sites for hydroxylation is 1. The second-order valence-electron chi connectivity index (χ2n) is 4.61. The number of hydrogen-bond acceptors (Lipinski definition) is 4. The zero-order chi connectivity index (χ0) is 13.0. The van der Waals surface area contributed by atoms with Gasteiger partial charge in [-0.25, -0.2) is 9.97 Å². The van der Waals surface area contributed by atoms with Crippen molar-refractivity contribution in [3.05, 3.63) is 17.6 Å². The van der Waals surface area contributed by atoms with Gasteiger partial charge in [-0.1, -0.05) is 0 Å². The number of hydrogen-bond donors (Lipinski definition) is 2. The molecule has 0 atom stereocenters. The van der Waals surface area contributed by atoms with Crippen LogP contribution in [0, 0.1) is 6.92 Å². The molecule has 1 amide bonds. The quantitative estimate of drug-likeness (QED) is 0.835. The maximum Gasteiger partial charge on any atom is 0.270 e. The molecule has 5 heteroatoms. The molecule has 0 fully saturated rings. The van der Waals surface area contributed by atoms with Crippen LogP contribution >= 0.6 is 0 Å². The minimum atomic E-state index is -0.169. The summed E-state index contributed by atoms with van der Waals surface area (Å²) in [6, 6.07) is 2.04. The zero-order valence-corrected chi connectivity index (χ0v) is 11.0. The molecule has 1 heterocycles. The highest BCUT2D eigenvalue weighted by Crippen LogP contribution is 2.08. The van der Waals surface area contributed by atoms with E-state index in [1.165, 1.54) is 0 Å². The predicted molar refractivity (Wildman–Crippen MR) is 68.1 cm³/mol. The lowest BCUT2D eigenvalue weighted by Gasteiger charge is -2.12. The normalized spacial score (nSPS) is 10.8. The Morgan fingerprint density at radius 1 is 1.18 bits per heavy atom. The fourth-order valence-electron chi connectivity index (χ4n) is 1.39. The van der Waals surface area contributed by atoms with Crippen LogP contribution in [-0.4, -0.2) is 28.0 Å². The van der Waals surface area contributed by atoms with Crippen molar-refractivity contribution in [2.24, 2.45) is 0 Å². The predicted octanol–water partition coefficient (Wildman–Crippen LogP) is 1.74. The van der Waals surface area contributed by atoms with Gasteiger partial charge in [0.2, 0.25) is 0 Å². The molecular weight excluding hydrogens is 216 g/mol. The third-order valence-electron chi connectivity index (χ3n) is 1.93. The van der Waals surface area contributed by atoms with Crippen LogP contribution in [0.5, 0.6) is 0 Å². The second-order valence-corrected chi connectivity index (χ2v) is 4.61. The van der Waals surface area contributed by atoms with Crippen LogP contribution in [0.25, 0.3) is 0 Å². The molecule has 1 rings (SSSR count). The number of carbonyl (C=O) groups excluding carboxylic acids is 1. The number of rotatable bonds is 4. The lowest BCUT2D eigenvalue weighted by Crippen LogP contribution is -2.31. The Morgan fingerprint density at radius 2 is 1.82 bits per heavy atom. The highest BCUT2D eigenvalue weighted by atomic mass is 16.1. The minimum Gasteiger partial charge on any atom is -0.368 e. The fourth-order valence-corrected chi connectivity index (χ4v) is 1.39. The van der Waals surface area contributed by atoms with Crippen molar-refractivity contribution in [3.63, 3.8) is 0 Å². The smallest absolute Gasteiger partial charge is 0.270 e. The van der Waals surface area contributed by atoms with Gasteiger partial charge < -0.3 is 10.6 Å². The number of carbonyl (C=O) groups is 1. The van der Waals surface area contributed by atoms with E-state index >= 15 is 0 Å². The van der Waals surface area contributed by atoms with Crippen molar-refractivity contribution >= 4 is 11.7 Å².